The fourth-order valence-corrected chi connectivity index (χ4v) is 5.45. The van der Waals surface area contributed by atoms with Gasteiger partial charge in [-0.1, -0.05) is 0 Å². The lowest BCUT2D eigenvalue weighted by Crippen LogP contribution is -2.47. The average molecular weight is 428 g/mol. The molecule has 3 fully saturated rings. The maximum Gasteiger partial charge on any atom is 0.234 e. The van der Waals surface area contributed by atoms with Crippen molar-refractivity contribution < 1.29 is 19.0 Å². The van der Waals surface area contributed by atoms with Crippen LogP contribution in [0.5, 0.6) is 5.75 Å². The molecule has 1 aliphatic carbocycles. The molecule has 0 unspecified atom stereocenters. The minimum atomic E-state index is -0.366. The highest BCUT2D eigenvalue weighted by Crippen LogP contribution is 2.36. The van der Waals surface area contributed by atoms with Crippen LogP contribution in [0.4, 0.5) is 0 Å². The molecule has 2 aromatic rings. The average Bonchev–Trinajstić information content (AvgIpc) is 3.43. The molecule has 31 heavy (non-hydrogen) atoms. The fourth-order valence-electron chi connectivity index (χ4n) is 5.45. The summed E-state index contributed by atoms with van der Waals surface area (Å²) in [5.74, 6) is 1.18. The van der Waals surface area contributed by atoms with Gasteiger partial charge in [0.05, 0.1) is 26.9 Å². The molecule has 7 heteroatoms. The second-order valence-electron chi connectivity index (χ2n) is 9.16. The molecule has 0 radical (unpaired) electrons. The van der Waals surface area contributed by atoms with Crippen molar-refractivity contribution in [2.45, 2.75) is 56.3 Å². The van der Waals surface area contributed by atoms with Crippen LogP contribution in [0.15, 0.2) is 24.4 Å². The van der Waals surface area contributed by atoms with Crippen molar-refractivity contribution in [1.29, 1.82) is 0 Å². The van der Waals surface area contributed by atoms with E-state index in [0.717, 1.165) is 62.9 Å². The van der Waals surface area contributed by atoms with Gasteiger partial charge in [-0.3, -0.25) is 9.69 Å². The fraction of sp³-hybridized carbons (Fsp3) is 0.625. The number of carbonyl (C=O) groups is 1. The number of hydrogen-bond donors (Lipinski definition) is 2. The Morgan fingerprint density at radius 2 is 1.94 bits per heavy atom. The normalized spacial score (nSPS) is 22.9. The highest BCUT2D eigenvalue weighted by atomic mass is 16.7. The first kappa shape index (κ1) is 20.8. The van der Waals surface area contributed by atoms with E-state index in [1.807, 2.05) is 6.07 Å². The van der Waals surface area contributed by atoms with E-state index in [4.69, 9.17) is 14.2 Å². The monoisotopic (exact) mass is 427 g/mol. The number of aromatic nitrogens is 1. The number of rotatable bonds is 5. The molecule has 3 heterocycles. The van der Waals surface area contributed by atoms with E-state index in [-0.39, 0.29) is 17.7 Å². The summed E-state index contributed by atoms with van der Waals surface area (Å²) >= 11 is 0. The van der Waals surface area contributed by atoms with Gasteiger partial charge in [0.1, 0.15) is 5.75 Å². The standard InChI is InChI=1S/C24H33N3O4/c1-29-19-2-3-22-20(14-19)21(15-25-22)17-6-10-27(11-7-17)16-23(28)26-18-4-8-24(9-5-18)30-12-13-31-24/h2-3,14-15,17-18,25H,4-13,16H2,1H3,(H,26,28). The van der Waals surface area contributed by atoms with Crippen LogP contribution < -0.4 is 10.1 Å². The molecule has 0 atom stereocenters. The van der Waals surface area contributed by atoms with Crippen molar-refractivity contribution in [2.75, 3.05) is 40.0 Å². The Morgan fingerprint density at radius 1 is 1.19 bits per heavy atom. The van der Waals surface area contributed by atoms with Crippen molar-refractivity contribution in [2.24, 2.45) is 0 Å². The van der Waals surface area contributed by atoms with E-state index in [1.54, 1.807) is 7.11 Å². The molecule has 1 amide bonds. The van der Waals surface area contributed by atoms with Gasteiger partial charge in [0.2, 0.25) is 5.91 Å². The molecule has 3 aliphatic rings. The Kier molecular flexibility index (Phi) is 5.91. The van der Waals surface area contributed by atoms with E-state index in [1.165, 1.54) is 10.9 Å². The number of H-pyrrole nitrogens is 1. The number of benzene rings is 1. The van der Waals surface area contributed by atoms with Gasteiger partial charge in [-0.05, 0) is 68.5 Å². The predicted molar refractivity (Wildman–Crippen MR) is 118 cm³/mol. The third kappa shape index (κ3) is 4.45. The van der Waals surface area contributed by atoms with Crippen LogP contribution in [0.1, 0.15) is 50.0 Å². The number of piperidine rings is 1. The first-order chi connectivity index (χ1) is 15.1. The number of carbonyl (C=O) groups excluding carboxylic acids is 1. The van der Waals surface area contributed by atoms with E-state index in [2.05, 4.69) is 33.5 Å². The van der Waals surface area contributed by atoms with Crippen LogP contribution in [0.3, 0.4) is 0 Å². The van der Waals surface area contributed by atoms with Gasteiger partial charge < -0.3 is 24.5 Å². The third-order valence-corrected chi connectivity index (χ3v) is 7.24. The van der Waals surface area contributed by atoms with E-state index in [0.29, 0.717) is 25.7 Å². The molecule has 2 N–H and O–H groups in total. The number of amides is 1. The number of likely N-dealkylation sites (tertiary alicyclic amines) is 1. The summed E-state index contributed by atoms with van der Waals surface area (Å²) in [6, 6.07) is 6.43. The van der Waals surface area contributed by atoms with Gasteiger partial charge in [0, 0.05) is 36.0 Å². The number of nitrogens with one attached hydrogen (secondary N) is 2. The van der Waals surface area contributed by atoms with Crippen molar-refractivity contribution in [3.63, 3.8) is 0 Å². The second kappa shape index (κ2) is 8.81. The summed E-state index contributed by atoms with van der Waals surface area (Å²) in [6.07, 6.45) is 7.88. The lowest BCUT2D eigenvalue weighted by atomic mass is 9.89. The Morgan fingerprint density at radius 3 is 2.65 bits per heavy atom. The van der Waals surface area contributed by atoms with Crippen molar-refractivity contribution in [3.8, 4) is 5.75 Å². The van der Waals surface area contributed by atoms with Gasteiger partial charge in [-0.15, -0.1) is 0 Å². The Balaban J connectivity index is 1.10. The summed E-state index contributed by atoms with van der Waals surface area (Å²) in [4.78, 5) is 18.3. The number of hydrogen-bond acceptors (Lipinski definition) is 5. The van der Waals surface area contributed by atoms with Crippen LogP contribution in [0, 0.1) is 0 Å². The quantitative estimate of drug-likeness (QED) is 0.767. The zero-order chi connectivity index (χ0) is 21.3. The Hall–Kier alpha value is -2.09. The maximum atomic E-state index is 12.6. The summed E-state index contributed by atoms with van der Waals surface area (Å²) in [6.45, 7) is 3.77. The molecule has 1 aromatic heterocycles. The number of methoxy groups -OCH3 is 1. The number of ether oxygens (including phenoxy) is 3. The molecular weight excluding hydrogens is 394 g/mol. The van der Waals surface area contributed by atoms with Crippen molar-refractivity contribution >= 4 is 16.8 Å². The zero-order valence-corrected chi connectivity index (χ0v) is 18.3. The maximum absolute atomic E-state index is 12.6. The number of aromatic amines is 1. The van der Waals surface area contributed by atoms with E-state index in [9.17, 15) is 4.79 Å². The predicted octanol–water partition coefficient (Wildman–Crippen LogP) is 3.16. The van der Waals surface area contributed by atoms with Gasteiger partial charge in [0.15, 0.2) is 5.79 Å². The number of nitrogens with zero attached hydrogens (tertiary/aromatic N) is 1. The van der Waals surface area contributed by atoms with Gasteiger partial charge in [0.25, 0.3) is 0 Å². The van der Waals surface area contributed by atoms with E-state index < -0.39 is 0 Å². The second-order valence-corrected chi connectivity index (χ2v) is 9.16. The summed E-state index contributed by atoms with van der Waals surface area (Å²) < 4.78 is 17.0. The minimum Gasteiger partial charge on any atom is -0.497 e. The molecular formula is C24H33N3O4. The SMILES string of the molecule is COc1ccc2[nH]cc(C3CCN(CC(=O)NC4CCC5(CC4)OCCO5)CC3)c2c1. The first-order valence-corrected chi connectivity index (χ1v) is 11.6. The molecule has 1 spiro atoms. The van der Waals surface area contributed by atoms with Crippen molar-refractivity contribution in [1.82, 2.24) is 15.2 Å². The van der Waals surface area contributed by atoms with Crippen LogP contribution in [0.25, 0.3) is 10.9 Å². The van der Waals surface area contributed by atoms with Crippen LogP contribution >= 0.6 is 0 Å². The summed E-state index contributed by atoms with van der Waals surface area (Å²) in [7, 11) is 1.71. The number of fused-ring (bicyclic) bond motifs is 1. The molecule has 168 valence electrons. The van der Waals surface area contributed by atoms with Crippen LogP contribution in [0.2, 0.25) is 0 Å². The molecule has 1 saturated carbocycles. The minimum absolute atomic E-state index is 0.143. The topological polar surface area (TPSA) is 75.8 Å². The van der Waals surface area contributed by atoms with Gasteiger partial charge >= 0.3 is 0 Å². The lowest BCUT2D eigenvalue weighted by Gasteiger charge is -2.36. The zero-order valence-electron chi connectivity index (χ0n) is 18.3. The lowest BCUT2D eigenvalue weighted by molar-refractivity contribution is -0.180. The third-order valence-electron chi connectivity index (χ3n) is 7.24. The Bertz CT molecular complexity index is 903. The molecule has 1 aromatic carbocycles. The highest BCUT2D eigenvalue weighted by molar-refractivity contribution is 5.85. The molecule has 2 saturated heterocycles. The molecule has 7 nitrogen and oxygen atoms in total. The molecule has 2 aliphatic heterocycles. The van der Waals surface area contributed by atoms with Crippen LogP contribution in [-0.2, 0) is 14.3 Å². The van der Waals surface area contributed by atoms with Gasteiger partial charge in [-0.25, -0.2) is 0 Å². The molecule has 0 bridgehead atoms. The largest absolute Gasteiger partial charge is 0.497 e. The summed E-state index contributed by atoms with van der Waals surface area (Å²) in [5.41, 5.74) is 2.52. The summed E-state index contributed by atoms with van der Waals surface area (Å²) in [5, 5.41) is 4.49. The molecule has 5 rings (SSSR count). The Labute approximate surface area is 183 Å². The van der Waals surface area contributed by atoms with Gasteiger partial charge in [-0.2, -0.15) is 0 Å². The van der Waals surface area contributed by atoms with Crippen LogP contribution in [-0.4, -0.2) is 67.6 Å². The van der Waals surface area contributed by atoms with E-state index >= 15 is 0 Å². The first-order valence-electron chi connectivity index (χ1n) is 11.6. The smallest absolute Gasteiger partial charge is 0.234 e. The van der Waals surface area contributed by atoms with Crippen molar-refractivity contribution in [3.05, 3.63) is 30.0 Å². The highest BCUT2D eigenvalue weighted by Gasteiger charge is 2.40.